The summed E-state index contributed by atoms with van der Waals surface area (Å²) >= 11 is 12.7. The van der Waals surface area contributed by atoms with Gasteiger partial charge in [0.05, 0.1) is 27.7 Å². The number of piperazine rings is 1. The number of nitrogens with one attached hydrogen (secondary N) is 1. The lowest BCUT2D eigenvalue weighted by atomic mass is 10.0. The van der Waals surface area contributed by atoms with Crippen molar-refractivity contribution in [3.8, 4) is 11.3 Å². The Bertz CT molecular complexity index is 1530. The molecule has 0 aliphatic carbocycles. The van der Waals surface area contributed by atoms with Crippen molar-refractivity contribution in [1.29, 1.82) is 0 Å². The number of carbonyl (C=O) groups is 2. The van der Waals surface area contributed by atoms with Crippen molar-refractivity contribution in [3.63, 3.8) is 0 Å². The summed E-state index contributed by atoms with van der Waals surface area (Å²) in [6, 6.07) is 8.88. The van der Waals surface area contributed by atoms with Crippen molar-refractivity contribution in [2.75, 3.05) is 24.3 Å². The van der Waals surface area contributed by atoms with Crippen LogP contribution in [0.1, 0.15) is 50.4 Å². The molecule has 3 aromatic rings. The molecule has 1 fully saturated rings. The van der Waals surface area contributed by atoms with E-state index in [1.54, 1.807) is 37.4 Å². The minimum atomic E-state index is -1.03. The van der Waals surface area contributed by atoms with Gasteiger partial charge in [0.25, 0.3) is 5.91 Å². The van der Waals surface area contributed by atoms with Crippen LogP contribution >= 0.6 is 23.2 Å². The number of hydrogen-bond acceptors (Lipinski definition) is 5. The predicted octanol–water partition coefficient (Wildman–Crippen LogP) is 6.70. The lowest BCUT2D eigenvalue weighted by molar-refractivity contribution is -0.115. The van der Waals surface area contributed by atoms with Gasteiger partial charge in [0, 0.05) is 36.9 Å². The largest absolute Gasteiger partial charge is 0.465 e. The van der Waals surface area contributed by atoms with Gasteiger partial charge in [-0.05, 0) is 56.5 Å². The molecule has 1 aliphatic heterocycles. The van der Waals surface area contributed by atoms with Gasteiger partial charge in [0.2, 0.25) is 0 Å². The number of carbonyl (C=O) groups excluding carboxylic acids is 1. The van der Waals surface area contributed by atoms with Gasteiger partial charge in [-0.1, -0.05) is 37.6 Å². The second-order valence-corrected chi connectivity index (χ2v) is 11.3. The van der Waals surface area contributed by atoms with Crippen molar-refractivity contribution >= 4 is 52.5 Å². The van der Waals surface area contributed by atoms with Crippen molar-refractivity contribution in [2.45, 2.75) is 52.6 Å². The van der Waals surface area contributed by atoms with Crippen molar-refractivity contribution in [1.82, 2.24) is 19.8 Å². The highest BCUT2D eigenvalue weighted by molar-refractivity contribution is 6.34. The fourth-order valence-electron chi connectivity index (χ4n) is 5.01. The van der Waals surface area contributed by atoms with Gasteiger partial charge in [-0.15, -0.1) is 11.6 Å². The number of carboxylic acid groups (broad SMARTS) is 1. The highest BCUT2D eigenvalue weighted by Crippen LogP contribution is 2.36. The van der Waals surface area contributed by atoms with E-state index in [0.717, 1.165) is 11.3 Å². The lowest BCUT2D eigenvalue weighted by Gasteiger charge is -2.44. The van der Waals surface area contributed by atoms with E-state index in [1.807, 2.05) is 38.7 Å². The summed E-state index contributed by atoms with van der Waals surface area (Å²) in [7, 11) is 0. The Hall–Kier alpha value is -3.76. The summed E-state index contributed by atoms with van der Waals surface area (Å²) in [5.41, 5.74) is 3.18. The van der Waals surface area contributed by atoms with Crippen LogP contribution in [0.15, 0.2) is 47.6 Å². The van der Waals surface area contributed by atoms with Gasteiger partial charge in [-0.2, -0.15) is 4.99 Å². The number of alkyl halides is 1. The molecule has 42 heavy (non-hydrogen) atoms. The zero-order chi connectivity index (χ0) is 30.7. The van der Waals surface area contributed by atoms with Gasteiger partial charge < -0.3 is 20.2 Å². The average Bonchev–Trinajstić information content (AvgIpc) is 2.94. The monoisotopic (exact) mass is 614 g/mol. The maximum Gasteiger partial charge on any atom is 0.407 e. The number of rotatable bonds is 6. The molecule has 1 aromatic carbocycles. The zero-order valence-electron chi connectivity index (χ0n) is 24.0. The lowest BCUT2D eigenvalue weighted by Crippen LogP contribution is -2.59. The van der Waals surface area contributed by atoms with Crippen molar-refractivity contribution in [2.24, 2.45) is 4.99 Å². The Morgan fingerprint density at radius 3 is 2.48 bits per heavy atom. The molecule has 0 spiro atoms. The SMILES string of the molecule is Cc1ccnc(C(C)C)c1Nc1nc(-c2ccccc2F)c(Cl)cc1C(=NC(=O)CCl)N1C[C@@H](C)N(C(=O)O)C[C@@H]1C. The van der Waals surface area contributed by atoms with Crippen LogP contribution < -0.4 is 5.32 Å². The van der Waals surface area contributed by atoms with Gasteiger partial charge >= 0.3 is 6.09 Å². The van der Waals surface area contributed by atoms with Gasteiger partial charge in [0.15, 0.2) is 0 Å². The molecule has 2 aromatic heterocycles. The van der Waals surface area contributed by atoms with Crippen molar-refractivity contribution < 1.29 is 19.1 Å². The Morgan fingerprint density at radius 2 is 1.83 bits per heavy atom. The number of benzene rings is 1. The Morgan fingerprint density at radius 1 is 1.17 bits per heavy atom. The predicted molar refractivity (Wildman–Crippen MR) is 164 cm³/mol. The van der Waals surface area contributed by atoms with Gasteiger partial charge in [0.1, 0.15) is 23.4 Å². The Kier molecular flexibility index (Phi) is 9.68. The van der Waals surface area contributed by atoms with E-state index in [-0.39, 0.29) is 58.9 Å². The minimum Gasteiger partial charge on any atom is -0.465 e. The summed E-state index contributed by atoms with van der Waals surface area (Å²) in [5, 5.41) is 13.2. The molecular weight excluding hydrogens is 582 g/mol. The van der Waals surface area contributed by atoms with Crippen molar-refractivity contribution in [3.05, 3.63) is 70.3 Å². The average molecular weight is 616 g/mol. The molecule has 3 heterocycles. The molecule has 9 nitrogen and oxygen atoms in total. The van der Waals surface area contributed by atoms with E-state index in [2.05, 4.69) is 15.3 Å². The van der Waals surface area contributed by atoms with E-state index < -0.39 is 23.9 Å². The first-order valence-corrected chi connectivity index (χ1v) is 14.5. The van der Waals surface area contributed by atoms with E-state index >= 15 is 0 Å². The molecule has 1 aliphatic rings. The smallest absolute Gasteiger partial charge is 0.407 e. The van der Waals surface area contributed by atoms with Crippen LogP contribution in [0, 0.1) is 12.7 Å². The summed E-state index contributed by atoms with van der Waals surface area (Å²) in [4.78, 5) is 41.5. The fraction of sp³-hybridized carbons (Fsp3) is 0.367. The van der Waals surface area contributed by atoms with Crippen LogP contribution in [0.2, 0.25) is 5.02 Å². The normalized spacial score (nSPS) is 17.5. The number of aromatic nitrogens is 2. The van der Waals surface area contributed by atoms with E-state index in [1.165, 1.54) is 11.0 Å². The standard InChI is InChI=1S/C30H33Cl2FN6O3/c1-16(2)25-26(17(3)10-11-34-25)36-28-21(12-22(32)27(37-28)20-8-6-7-9-23(20)33)29(35-24(40)13-31)38-14-19(5)39(30(41)42)15-18(38)4/h6-12,16,18-19H,13-15H2,1-5H3,(H,36,37)(H,41,42)/t18-,19+/m0/s1. The third-order valence-electron chi connectivity index (χ3n) is 7.17. The molecule has 2 N–H and O–H groups in total. The number of hydrogen-bond donors (Lipinski definition) is 2. The van der Waals surface area contributed by atoms with Gasteiger partial charge in [-0.3, -0.25) is 9.78 Å². The molecule has 2 atom stereocenters. The molecule has 0 saturated carbocycles. The van der Waals surface area contributed by atoms with Crippen LogP contribution in [0.5, 0.6) is 0 Å². The molecule has 0 radical (unpaired) electrons. The van der Waals surface area contributed by atoms with E-state index in [0.29, 0.717) is 11.3 Å². The first-order chi connectivity index (χ1) is 19.9. The minimum absolute atomic E-state index is 0.0603. The number of nitrogens with zero attached hydrogens (tertiary/aromatic N) is 5. The van der Waals surface area contributed by atoms with E-state index in [9.17, 15) is 19.1 Å². The highest BCUT2D eigenvalue weighted by Gasteiger charge is 2.35. The number of amides is 2. The number of halogens is 3. The quantitative estimate of drug-likeness (QED) is 0.181. The molecule has 0 bridgehead atoms. The number of anilines is 2. The molecule has 222 valence electrons. The van der Waals surface area contributed by atoms with Gasteiger partial charge in [-0.25, -0.2) is 14.2 Å². The molecule has 2 amide bonds. The van der Waals surface area contributed by atoms with Crippen LogP contribution in [-0.4, -0.2) is 73.8 Å². The molecule has 1 saturated heterocycles. The van der Waals surface area contributed by atoms with Crippen LogP contribution in [0.4, 0.5) is 20.7 Å². The van der Waals surface area contributed by atoms with Crippen LogP contribution in [-0.2, 0) is 4.79 Å². The number of amidine groups is 1. The number of aryl methyl sites for hydroxylation is 1. The van der Waals surface area contributed by atoms with E-state index in [4.69, 9.17) is 28.2 Å². The zero-order valence-corrected chi connectivity index (χ0v) is 25.5. The third-order valence-corrected chi connectivity index (χ3v) is 7.69. The highest BCUT2D eigenvalue weighted by atomic mass is 35.5. The van der Waals surface area contributed by atoms with Crippen LogP contribution in [0.25, 0.3) is 11.3 Å². The Balaban J connectivity index is 1.97. The first-order valence-electron chi connectivity index (χ1n) is 13.5. The molecular formula is C30H33Cl2FN6O3. The maximum absolute atomic E-state index is 14.9. The second-order valence-electron chi connectivity index (χ2n) is 10.6. The number of pyridine rings is 2. The fourth-order valence-corrected chi connectivity index (χ4v) is 5.32. The van der Waals surface area contributed by atoms with Crippen LogP contribution in [0.3, 0.4) is 0 Å². The summed E-state index contributed by atoms with van der Waals surface area (Å²) in [5.74, 6) is -0.881. The summed E-state index contributed by atoms with van der Waals surface area (Å²) in [6.45, 7) is 10.0. The third kappa shape index (κ3) is 6.50. The maximum atomic E-state index is 14.9. The Labute approximate surface area is 254 Å². The second kappa shape index (κ2) is 13.0. The molecule has 12 heteroatoms. The molecule has 4 rings (SSSR count). The first kappa shape index (κ1) is 31.2. The topological polar surface area (TPSA) is 111 Å². The summed E-state index contributed by atoms with van der Waals surface area (Å²) in [6.07, 6.45) is 0.701. The summed E-state index contributed by atoms with van der Waals surface area (Å²) < 4.78 is 14.9. The molecule has 0 unspecified atom stereocenters. The number of aliphatic imine (C=N–C) groups is 1.